The van der Waals surface area contributed by atoms with E-state index in [-0.39, 0.29) is 12.2 Å². The summed E-state index contributed by atoms with van der Waals surface area (Å²) >= 11 is 0. The number of halogens is 1. The van der Waals surface area contributed by atoms with Crippen LogP contribution in [0.3, 0.4) is 0 Å². The van der Waals surface area contributed by atoms with Gasteiger partial charge >= 0.3 is 5.97 Å². The molecule has 0 aromatic heterocycles. The number of rotatable bonds is 6. The molecule has 5 heteroatoms. The third-order valence-corrected chi connectivity index (χ3v) is 2.44. The lowest BCUT2D eigenvalue weighted by Crippen LogP contribution is -2.20. The van der Waals surface area contributed by atoms with Crippen molar-refractivity contribution in [2.75, 3.05) is 25.6 Å². The largest absolute Gasteiger partial charge is 0.495 e. The van der Waals surface area contributed by atoms with Crippen LogP contribution in [0.5, 0.6) is 5.75 Å². The summed E-state index contributed by atoms with van der Waals surface area (Å²) in [6, 6.07) is 4.26. The Morgan fingerprint density at radius 3 is 2.82 bits per heavy atom. The van der Waals surface area contributed by atoms with E-state index in [4.69, 9.17) is 9.84 Å². The lowest BCUT2D eigenvalue weighted by atomic mass is 10.2. The Hall–Kier alpha value is -1.78. The number of benzene rings is 1. The van der Waals surface area contributed by atoms with Gasteiger partial charge in [-0.05, 0) is 18.6 Å². The Kier molecular flexibility index (Phi) is 4.75. The van der Waals surface area contributed by atoms with Crippen LogP contribution < -0.4 is 9.64 Å². The van der Waals surface area contributed by atoms with Gasteiger partial charge in [0.1, 0.15) is 11.6 Å². The van der Waals surface area contributed by atoms with Crippen LogP contribution in [0, 0.1) is 5.82 Å². The Balaban J connectivity index is 2.69. The van der Waals surface area contributed by atoms with Crippen LogP contribution in [0.25, 0.3) is 0 Å². The molecule has 0 amide bonds. The standard InChI is InChI=1S/C12H16FNO3/c1-14(7-3-4-12(15)16)10-8-9(13)5-6-11(10)17-2/h5-6,8H,3-4,7H2,1-2H3,(H,15,16). The van der Waals surface area contributed by atoms with E-state index >= 15 is 0 Å². The van der Waals surface area contributed by atoms with Gasteiger partial charge in [-0.25, -0.2) is 4.39 Å². The molecular formula is C12H16FNO3. The molecule has 94 valence electrons. The lowest BCUT2D eigenvalue weighted by molar-refractivity contribution is -0.137. The number of anilines is 1. The fourth-order valence-electron chi connectivity index (χ4n) is 1.55. The zero-order valence-electron chi connectivity index (χ0n) is 9.94. The monoisotopic (exact) mass is 241 g/mol. The topological polar surface area (TPSA) is 49.8 Å². The summed E-state index contributed by atoms with van der Waals surface area (Å²) < 4.78 is 18.2. The van der Waals surface area contributed by atoms with Gasteiger partial charge < -0.3 is 14.7 Å². The quantitative estimate of drug-likeness (QED) is 0.829. The summed E-state index contributed by atoms with van der Waals surface area (Å²) in [6.07, 6.45) is 0.605. The molecule has 0 spiro atoms. The third kappa shape index (κ3) is 3.94. The molecule has 1 aromatic carbocycles. The van der Waals surface area contributed by atoms with Gasteiger partial charge in [0.2, 0.25) is 0 Å². The van der Waals surface area contributed by atoms with Gasteiger partial charge in [0.15, 0.2) is 0 Å². The molecule has 0 heterocycles. The van der Waals surface area contributed by atoms with Gasteiger partial charge in [-0.1, -0.05) is 0 Å². The van der Waals surface area contributed by atoms with Crippen molar-refractivity contribution in [3.05, 3.63) is 24.0 Å². The minimum atomic E-state index is -0.829. The molecule has 1 N–H and O–H groups in total. The molecule has 0 aliphatic rings. The SMILES string of the molecule is COc1ccc(F)cc1N(C)CCCC(=O)O. The van der Waals surface area contributed by atoms with Crippen molar-refractivity contribution >= 4 is 11.7 Å². The fraction of sp³-hybridized carbons (Fsp3) is 0.417. The first kappa shape index (κ1) is 13.3. The van der Waals surface area contributed by atoms with Gasteiger partial charge in [-0.3, -0.25) is 4.79 Å². The first-order valence-corrected chi connectivity index (χ1v) is 5.31. The van der Waals surface area contributed by atoms with E-state index in [2.05, 4.69) is 0 Å². The number of carboxylic acids is 1. The van der Waals surface area contributed by atoms with Crippen LogP contribution in [0.1, 0.15) is 12.8 Å². The molecule has 0 saturated carbocycles. The smallest absolute Gasteiger partial charge is 0.303 e. The second-order valence-corrected chi connectivity index (χ2v) is 3.74. The second kappa shape index (κ2) is 6.08. The maximum absolute atomic E-state index is 13.1. The normalized spacial score (nSPS) is 10.1. The Labute approximate surface area is 99.6 Å². The highest BCUT2D eigenvalue weighted by Crippen LogP contribution is 2.28. The highest BCUT2D eigenvalue weighted by atomic mass is 19.1. The number of carboxylic acid groups (broad SMARTS) is 1. The Bertz CT molecular complexity index is 395. The van der Waals surface area contributed by atoms with E-state index in [1.54, 1.807) is 18.0 Å². The molecule has 0 aliphatic carbocycles. The molecule has 0 unspecified atom stereocenters. The summed E-state index contributed by atoms with van der Waals surface area (Å²) in [5.74, 6) is -0.597. The Morgan fingerprint density at radius 2 is 2.24 bits per heavy atom. The molecule has 0 fully saturated rings. The number of methoxy groups -OCH3 is 1. The average Bonchev–Trinajstić information content (AvgIpc) is 2.28. The molecule has 4 nitrogen and oxygen atoms in total. The molecule has 17 heavy (non-hydrogen) atoms. The van der Waals surface area contributed by atoms with Crippen molar-refractivity contribution in [2.24, 2.45) is 0 Å². The number of hydrogen-bond donors (Lipinski definition) is 1. The summed E-state index contributed by atoms with van der Waals surface area (Å²) in [5, 5.41) is 8.54. The number of ether oxygens (including phenoxy) is 1. The van der Waals surface area contributed by atoms with E-state index < -0.39 is 5.97 Å². The van der Waals surface area contributed by atoms with E-state index in [0.717, 1.165) is 0 Å². The summed E-state index contributed by atoms with van der Waals surface area (Å²) in [4.78, 5) is 12.2. The van der Waals surface area contributed by atoms with Gasteiger partial charge in [0, 0.05) is 26.1 Å². The minimum Gasteiger partial charge on any atom is -0.495 e. The molecule has 0 bridgehead atoms. The molecule has 0 saturated heterocycles. The van der Waals surface area contributed by atoms with Crippen molar-refractivity contribution in [3.63, 3.8) is 0 Å². The highest BCUT2D eigenvalue weighted by molar-refractivity contribution is 5.66. The van der Waals surface area contributed by atoms with Crippen LogP contribution in [0.4, 0.5) is 10.1 Å². The zero-order chi connectivity index (χ0) is 12.8. The summed E-state index contributed by atoms with van der Waals surface area (Å²) in [7, 11) is 3.29. The molecule has 0 radical (unpaired) electrons. The number of carbonyl (C=O) groups is 1. The predicted molar refractivity (Wildman–Crippen MR) is 63.1 cm³/mol. The number of hydrogen-bond acceptors (Lipinski definition) is 3. The van der Waals surface area contributed by atoms with E-state index in [1.165, 1.54) is 19.2 Å². The van der Waals surface area contributed by atoms with E-state index in [0.29, 0.717) is 24.4 Å². The summed E-state index contributed by atoms with van der Waals surface area (Å²) in [6.45, 7) is 0.534. The molecule has 0 atom stereocenters. The maximum Gasteiger partial charge on any atom is 0.303 e. The van der Waals surface area contributed by atoms with Crippen molar-refractivity contribution in [3.8, 4) is 5.75 Å². The van der Waals surface area contributed by atoms with Gasteiger partial charge in [-0.2, -0.15) is 0 Å². The number of aliphatic carboxylic acids is 1. The molecule has 1 aromatic rings. The predicted octanol–water partition coefficient (Wildman–Crippen LogP) is 2.14. The van der Waals surface area contributed by atoms with Gasteiger partial charge in [0.25, 0.3) is 0 Å². The fourth-order valence-corrected chi connectivity index (χ4v) is 1.55. The molecular weight excluding hydrogens is 225 g/mol. The van der Waals surface area contributed by atoms with E-state index in [9.17, 15) is 9.18 Å². The van der Waals surface area contributed by atoms with Crippen LogP contribution in [0.15, 0.2) is 18.2 Å². The number of nitrogens with zero attached hydrogens (tertiary/aromatic N) is 1. The molecule has 0 aliphatic heterocycles. The third-order valence-electron chi connectivity index (χ3n) is 2.44. The van der Waals surface area contributed by atoms with Crippen molar-refractivity contribution in [2.45, 2.75) is 12.8 Å². The minimum absolute atomic E-state index is 0.0992. The first-order chi connectivity index (χ1) is 8.04. The maximum atomic E-state index is 13.1. The highest BCUT2D eigenvalue weighted by Gasteiger charge is 2.09. The van der Waals surface area contributed by atoms with Gasteiger partial charge in [-0.15, -0.1) is 0 Å². The van der Waals surface area contributed by atoms with Gasteiger partial charge in [0.05, 0.1) is 12.8 Å². The van der Waals surface area contributed by atoms with Crippen molar-refractivity contribution in [1.82, 2.24) is 0 Å². The van der Waals surface area contributed by atoms with Crippen LogP contribution in [-0.4, -0.2) is 31.8 Å². The lowest BCUT2D eigenvalue weighted by Gasteiger charge is -2.21. The van der Waals surface area contributed by atoms with Crippen LogP contribution >= 0.6 is 0 Å². The van der Waals surface area contributed by atoms with Crippen LogP contribution in [0.2, 0.25) is 0 Å². The van der Waals surface area contributed by atoms with Crippen molar-refractivity contribution < 1.29 is 19.0 Å². The average molecular weight is 241 g/mol. The zero-order valence-corrected chi connectivity index (χ0v) is 9.94. The van der Waals surface area contributed by atoms with Crippen molar-refractivity contribution in [1.29, 1.82) is 0 Å². The first-order valence-electron chi connectivity index (χ1n) is 5.31. The van der Waals surface area contributed by atoms with Crippen LogP contribution in [-0.2, 0) is 4.79 Å². The summed E-state index contributed by atoms with van der Waals surface area (Å²) in [5.41, 5.74) is 0.623. The second-order valence-electron chi connectivity index (χ2n) is 3.74. The Morgan fingerprint density at radius 1 is 1.53 bits per heavy atom. The van der Waals surface area contributed by atoms with E-state index in [1.807, 2.05) is 0 Å². The molecule has 1 rings (SSSR count).